The largest absolute Gasteiger partial charge is 0.419 e. The molecule has 0 aromatic heterocycles. The summed E-state index contributed by atoms with van der Waals surface area (Å²) in [6.07, 6.45) is 2.66. The van der Waals surface area contributed by atoms with E-state index in [2.05, 4.69) is 27.7 Å². The molecule has 1 nitrogen and oxygen atoms in total. The van der Waals surface area contributed by atoms with Gasteiger partial charge in [-0.15, -0.1) is 0 Å². The SMILES string of the molecule is CCCC[SiH2]OC(C)(C)C. The molecule has 0 heterocycles. The van der Waals surface area contributed by atoms with E-state index in [9.17, 15) is 0 Å². The highest BCUT2D eigenvalue weighted by atomic mass is 28.2. The van der Waals surface area contributed by atoms with Gasteiger partial charge in [0.1, 0.15) is 0 Å². The molecule has 2 heteroatoms. The third-order valence-corrected chi connectivity index (χ3v) is 3.14. The Morgan fingerprint density at radius 2 is 1.90 bits per heavy atom. The zero-order valence-corrected chi connectivity index (χ0v) is 9.15. The van der Waals surface area contributed by atoms with Crippen molar-refractivity contribution in [3.05, 3.63) is 0 Å². The van der Waals surface area contributed by atoms with E-state index in [1.165, 1.54) is 18.9 Å². The molecule has 0 bridgehead atoms. The van der Waals surface area contributed by atoms with E-state index >= 15 is 0 Å². The molecule has 0 aliphatic rings. The fraction of sp³-hybridized carbons (Fsp3) is 1.00. The molecule has 0 aromatic carbocycles. The summed E-state index contributed by atoms with van der Waals surface area (Å²) in [5.41, 5.74) is 0.111. The van der Waals surface area contributed by atoms with E-state index < -0.39 is 0 Å². The van der Waals surface area contributed by atoms with Gasteiger partial charge in [0.25, 0.3) is 0 Å². The van der Waals surface area contributed by atoms with Crippen LogP contribution in [0.2, 0.25) is 6.04 Å². The average Bonchev–Trinajstić information content (AvgIpc) is 1.78. The Labute approximate surface area is 67.1 Å². The summed E-state index contributed by atoms with van der Waals surface area (Å²) in [6, 6.07) is 1.34. The van der Waals surface area contributed by atoms with Crippen LogP contribution in [0.15, 0.2) is 0 Å². The molecule has 0 rings (SSSR count). The number of hydrogen-bond donors (Lipinski definition) is 0. The van der Waals surface area contributed by atoms with Gasteiger partial charge in [-0.05, 0) is 26.8 Å². The first-order valence-corrected chi connectivity index (χ1v) is 5.78. The Morgan fingerprint density at radius 1 is 1.30 bits per heavy atom. The van der Waals surface area contributed by atoms with Crippen molar-refractivity contribution in [2.75, 3.05) is 0 Å². The Hall–Kier alpha value is 0.177. The lowest BCUT2D eigenvalue weighted by Crippen LogP contribution is -2.21. The summed E-state index contributed by atoms with van der Waals surface area (Å²) in [7, 11) is -0.204. The first-order chi connectivity index (χ1) is 4.56. The number of unbranched alkanes of at least 4 members (excludes halogenated alkanes) is 1. The molecule has 0 saturated heterocycles. The highest BCUT2D eigenvalue weighted by Crippen LogP contribution is 2.06. The van der Waals surface area contributed by atoms with Crippen LogP contribution in [-0.2, 0) is 4.43 Å². The van der Waals surface area contributed by atoms with E-state index in [4.69, 9.17) is 4.43 Å². The highest BCUT2D eigenvalue weighted by Gasteiger charge is 2.07. The molecule has 0 unspecified atom stereocenters. The third-order valence-electron chi connectivity index (χ3n) is 1.28. The molecule has 0 fully saturated rings. The van der Waals surface area contributed by atoms with Gasteiger partial charge in [0, 0.05) is 5.60 Å². The first kappa shape index (κ1) is 10.2. The Kier molecular flexibility index (Phi) is 5.00. The molecule has 0 radical (unpaired) electrons. The zero-order chi connectivity index (χ0) is 8.04. The fourth-order valence-corrected chi connectivity index (χ4v) is 2.19. The quantitative estimate of drug-likeness (QED) is 0.452. The fourth-order valence-electron chi connectivity index (χ4n) is 0.730. The second kappa shape index (κ2) is 4.91. The first-order valence-electron chi connectivity index (χ1n) is 4.20. The van der Waals surface area contributed by atoms with Crippen LogP contribution in [-0.4, -0.2) is 15.4 Å². The average molecular weight is 160 g/mol. The van der Waals surface area contributed by atoms with Crippen molar-refractivity contribution in [2.24, 2.45) is 0 Å². The molecule has 0 aliphatic heterocycles. The second-order valence-corrected chi connectivity index (χ2v) is 5.07. The number of hydrogen-bond acceptors (Lipinski definition) is 1. The molecule has 62 valence electrons. The van der Waals surface area contributed by atoms with E-state index in [-0.39, 0.29) is 15.4 Å². The van der Waals surface area contributed by atoms with Gasteiger partial charge in [0.2, 0.25) is 0 Å². The topological polar surface area (TPSA) is 9.23 Å². The summed E-state index contributed by atoms with van der Waals surface area (Å²) in [5, 5.41) is 0. The van der Waals surface area contributed by atoms with Crippen LogP contribution in [0.25, 0.3) is 0 Å². The molecule has 0 spiro atoms. The molecule has 0 saturated carbocycles. The summed E-state index contributed by atoms with van der Waals surface area (Å²) in [6.45, 7) is 8.62. The van der Waals surface area contributed by atoms with Crippen LogP contribution in [0, 0.1) is 0 Å². The van der Waals surface area contributed by atoms with E-state index in [0.717, 1.165) is 0 Å². The predicted octanol–water partition coefficient (Wildman–Crippen LogP) is 2.10. The Balaban J connectivity index is 3.04. The maximum absolute atomic E-state index is 5.67. The van der Waals surface area contributed by atoms with Crippen LogP contribution >= 0.6 is 0 Å². The summed E-state index contributed by atoms with van der Waals surface area (Å²) >= 11 is 0. The molecule has 0 amide bonds. The van der Waals surface area contributed by atoms with Crippen molar-refractivity contribution < 1.29 is 4.43 Å². The molecule has 0 aromatic rings. The van der Waals surface area contributed by atoms with Crippen molar-refractivity contribution >= 4 is 9.76 Å². The lowest BCUT2D eigenvalue weighted by atomic mass is 10.2. The lowest BCUT2D eigenvalue weighted by Gasteiger charge is -2.19. The van der Waals surface area contributed by atoms with E-state index in [1.54, 1.807) is 0 Å². The minimum Gasteiger partial charge on any atom is -0.419 e. The van der Waals surface area contributed by atoms with Crippen LogP contribution in [0.3, 0.4) is 0 Å². The van der Waals surface area contributed by atoms with Crippen molar-refractivity contribution in [1.82, 2.24) is 0 Å². The van der Waals surface area contributed by atoms with Gasteiger partial charge >= 0.3 is 0 Å². The normalized spacial score (nSPS) is 13.2. The van der Waals surface area contributed by atoms with Gasteiger partial charge in [0.15, 0.2) is 9.76 Å². The molecular formula is C8H20OSi. The van der Waals surface area contributed by atoms with E-state index in [1.807, 2.05) is 0 Å². The van der Waals surface area contributed by atoms with Crippen LogP contribution < -0.4 is 0 Å². The van der Waals surface area contributed by atoms with Crippen molar-refractivity contribution in [3.8, 4) is 0 Å². The minimum absolute atomic E-state index is 0.111. The van der Waals surface area contributed by atoms with Gasteiger partial charge in [-0.3, -0.25) is 0 Å². The zero-order valence-electron chi connectivity index (χ0n) is 7.74. The molecule has 0 aliphatic carbocycles. The Bertz CT molecular complexity index is 75.8. The maximum atomic E-state index is 5.67. The van der Waals surface area contributed by atoms with Crippen LogP contribution in [0.5, 0.6) is 0 Å². The summed E-state index contributed by atoms with van der Waals surface area (Å²) in [5.74, 6) is 0. The van der Waals surface area contributed by atoms with Gasteiger partial charge in [-0.2, -0.15) is 0 Å². The molecule has 0 N–H and O–H groups in total. The monoisotopic (exact) mass is 160 g/mol. The lowest BCUT2D eigenvalue weighted by molar-refractivity contribution is 0.138. The second-order valence-electron chi connectivity index (χ2n) is 3.67. The van der Waals surface area contributed by atoms with E-state index in [0.29, 0.717) is 0 Å². The highest BCUT2D eigenvalue weighted by molar-refractivity contribution is 6.27. The summed E-state index contributed by atoms with van der Waals surface area (Å²) in [4.78, 5) is 0. The van der Waals surface area contributed by atoms with Gasteiger partial charge in [0.05, 0.1) is 0 Å². The standard InChI is InChI=1S/C8H20OSi/c1-5-6-7-10-9-8(2,3)4/h5-7,10H2,1-4H3. The van der Waals surface area contributed by atoms with Gasteiger partial charge in [-0.1, -0.05) is 19.8 Å². The van der Waals surface area contributed by atoms with Crippen molar-refractivity contribution in [3.63, 3.8) is 0 Å². The maximum Gasteiger partial charge on any atom is 0.162 e. The van der Waals surface area contributed by atoms with Crippen molar-refractivity contribution in [1.29, 1.82) is 0 Å². The smallest absolute Gasteiger partial charge is 0.162 e. The van der Waals surface area contributed by atoms with Crippen LogP contribution in [0.1, 0.15) is 40.5 Å². The summed E-state index contributed by atoms with van der Waals surface area (Å²) < 4.78 is 5.67. The molecule has 0 atom stereocenters. The minimum atomic E-state index is -0.204. The van der Waals surface area contributed by atoms with Gasteiger partial charge in [-0.25, -0.2) is 0 Å². The molecule has 10 heavy (non-hydrogen) atoms. The molecular weight excluding hydrogens is 140 g/mol. The Morgan fingerprint density at radius 3 is 2.30 bits per heavy atom. The third kappa shape index (κ3) is 8.18. The van der Waals surface area contributed by atoms with Crippen molar-refractivity contribution in [2.45, 2.75) is 52.2 Å². The number of rotatable bonds is 4. The van der Waals surface area contributed by atoms with Gasteiger partial charge < -0.3 is 4.43 Å². The van der Waals surface area contributed by atoms with Crippen LogP contribution in [0.4, 0.5) is 0 Å². The predicted molar refractivity (Wildman–Crippen MR) is 49.1 cm³/mol.